The van der Waals surface area contributed by atoms with Gasteiger partial charge in [0.2, 0.25) is 5.91 Å². The van der Waals surface area contributed by atoms with Crippen LogP contribution in [0.25, 0.3) is 0 Å². The van der Waals surface area contributed by atoms with Crippen molar-refractivity contribution >= 4 is 17.5 Å². The molecule has 0 bridgehead atoms. The minimum absolute atomic E-state index is 0.0851. The minimum Gasteiger partial charge on any atom is -0.337 e. The summed E-state index contributed by atoms with van der Waals surface area (Å²) in [6.45, 7) is 7.05. The molecule has 2 nitrogen and oxygen atoms in total. The van der Waals surface area contributed by atoms with Crippen molar-refractivity contribution in [2.45, 2.75) is 38.6 Å². The number of carbonyl (C=O) groups excluding carboxylic acids is 1. The summed E-state index contributed by atoms with van der Waals surface area (Å²) in [5.41, 5.74) is 1.12. The summed E-state index contributed by atoms with van der Waals surface area (Å²) in [5, 5.41) is 0.741. The molecule has 1 aromatic carbocycles. The van der Waals surface area contributed by atoms with Crippen LogP contribution in [0.5, 0.6) is 0 Å². The highest BCUT2D eigenvalue weighted by atomic mass is 35.5. The second kappa shape index (κ2) is 4.34. The van der Waals surface area contributed by atoms with E-state index in [2.05, 4.69) is 20.8 Å². The van der Waals surface area contributed by atoms with Gasteiger partial charge in [0, 0.05) is 29.4 Å². The third-order valence-electron chi connectivity index (χ3n) is 3.28. The van der Waals surface area contributed by atoms with E-state index in [1.807, 2.05) is 29.2 Å². The number of likely N-dealkylation sites (tertiary alicyclic amines) is 1. The van der Waals surface area contributed by atoms with E-state index in [1.165, 1.54) is 5.56 Å². The Morgan fingerprint density at radius 2 is 1.82 bits per heavy atom. The molecule has 1 heterocycles. The molecule has 0 aliphatic carbocycles. The first-order valence-corrected chi connectivity index (χ1v) is 6.31. The SMILES string of the molecule is CC(C)(C)N1CC(c2ccc(Cl)cc2)CC1=O. The van der Waals surface area contributed by atoms with Crippen LogP contribution in [0.1, 0.15) is 38.7 Å². The lowest BCUT2D eigenvalue weighted by atomic mass is 9.98. The molecule has 2 rings (SSSR count). The maximum Gasteiger partial charge on any atom is 0.223 e. The van der Waals surface area contributed by atoms with Gasteiger partial charge in [0.05, 0.1) is 0 Å². The Labute approximate surface area is 108 Å². The van der Waals surface area contributed by atoms with Gasteiger partial charge in [0.1, 0.15) is 0 Å². The van der Waals surface area contributed by atoms with Crippen LogP contribution < -0.4 is 0 Å². The van der Waals surface area contributed by atoms with E-state index in [4.69, 9.17) is 11.6 Å². The first kappa shape index (κ1) is 12.4. The zero-order chi connectivity index (χ0) is 12.6. The second-order valence-electron chi connectivity index (χ2n) is 5.63. The van der Waals surface area contributed by atoms with E-state index < -0.39 is 0 Å². The Kier molecular flexibility index (Phi) is 3.17. The number of hydrogen-bond donors (Lipinski definition) is 0. The molecule has 1 fully saturated rings. The number of nitrogens with zero attached hydrogens (tertiary/aromatic N) is 1. The van der Waals surface area contributed by atoms with Gasteiger partial charge < -0.3 is 4.90 Å². The fourth-order valence-electron chi connectivity index (χ4n) is 2.31. The topological polar surface area (TPSA) is 20.3 Å². The molecule has 0 radical (unpaired) electrons. The van der Waals surface area contributed by atoms with E-state index in [0.717, 1.165) is 11.6 Å². The van der Waals surface area contributed by atoms with Crippen molar-refractivity contribution in [3.05, 3.63) is 34.9 Å². The van der Waals surface area contributed by atoms with Gasteiger partial charge in [-0.3, -0.25) is 4.79 Å². The zero-order valence-corrected chi connectivity index (χ0v) is 11.3. The lowest BCUT2D eigenvalue weighted by Crippen LogP contribution is -2.42. The molecule has 0 N–H and O–H groups in total. The summed E-state index contributed by atoms with van der Waals surface area (Å²) in [6, 6.07) is 7.82. The normalized spacial score (nSPS) is 21.1. The van der Waals surface area contributed by atoms with Gasteiger partial charge in [-0.25, -0.2) is 0 Å². The van der Waals surface area contributed by atoms with Gasteiger partial charge in [-0.2, -0.15) is 0 Å². The molecular weight excluding hydrogens is 234 g/mol. The van der Waals surface area contributed by atoms with Crippen LogP contribution in [-0.4, -0.2) is 22.9 Å². The van der Waals surface area contributed by atoms with Crippen LogP contribution in [0, 0.1) is 0 Å². The molecule has 1 amide bonds. The van der Waals surface area contributed by atoms with Gasteiger partial charge >= 0.3 is 0 Å². The van der Waals surface area contributed by atoms with E-state index >= 15 is 0 Å². The molecular formula is C14H18ClNO. The first-order chi connectivity index (χ1) is 7.88. The van der Waals surface area contributed by atoms with E-state index in [0.29, 0.717) is 12.3 Å². The summed E-state index contributed by atoms with van der Waals surface area (Å²) in [5.74, 6) is 0.552. The molecule has 3 heteroatoms. The molecule has 1 aliphatic rings. The molecule has 1 atom stereocenters. The predicted octanol–water partition coefficient (Wildman–Crippen LogP) is 3.45. The Morgan fingerprint density at radius 1 is 1.24 bits per heavy atom. The fourth-order valence-corrected chi connectivity index (χ4v) is 2.44. The van der Waals surface area contributed by atoms with Crippen molar-refractivity contribution < 1.29 is 4.79 Å². The number of halogens is 1. The molecule has 0 spiro atoms. The molecule has 92 valence electrons. The molecule has 1 aromatic rings. The van der Waals surface area contributed by atoms with Crippen molar-refractivity contribution in [3.63, 3.8) is 0 Å². The summed E-state index contributed by atoms with van der Waals surface area (Å²) < 4.78 is 0. The number of amides is 1. The Morgan fingerprint density at radius 3 is 2.29 bits per heavy atom. The lowest BCUT2D eigenvalue weighted by molar-refractivity contribution is -0.131. The predicted molar refractivity (Wildman–Crippen MR) is 70.3 cm³/mol. The highest BCUT2D eigenvalue weighted by molar-refractivity contribution is 6.30. The zero-order valence-electron chi connectivity index (χ0n) is 10.5. The van der Waals surface area contributed by atoms with Gasteiger partial charge in [-0.1, -0.05) is 23.7 Å². The quantitative estimate of drug-likeness (QED) is 0.749. The number of hydrogen-bond acceptors (Lipinski definition) is 1. The third kappa shape index (κ3) is 2.63. The summed E-state index contributed by atoms with van der Waals surface area (Å²) in [4.78, 5) is 13.9. The minimum atomic E-state index is -0.0851. The molecule has 0 saturated carbocycles. The molecule has 0 aromatic heterocycles. The summed E-state index contributed by atoms with van der Waals surface area (Å²) in [7, 11) is 0. The van der Waals surface area contributed by atoms with Crippen molar-refractivity contribution in [3.8, 4) is 0 Å². The van der Waals surface area contributed by atoms with Gasteiger partial charge in [0.15, 0.2) is 0 Å². The highest BCUT2D eigenvalue weighted by Gasteiger charge is 2.36. The molecule has 1 aliphatic heterocycles. The van der Waals surface area contributed by atoms with E-state index in [9.17, 15) is 4.79 Å². The van der Waals surface area contributed by atoms with Gasteiger partial charge in [-0.05, 0) is 38.5 Å². The average molecular weight is 252 g/mol. The van der Waals surface area contributed by atoms with Crippen molar-refractivity contribution in [1.29, 1.82) is 0 Å². The van der Waals surface area contributed by atoms with Gasteiger partial charge in [-0.15, -0.1) is 0 Å². The lowest BCUT2D eigenvalue weighted by Gasteiger charge is -2.32. The van der Waals surface area contributed by atoms with Crippen LogP contribution in [-0.2, 0) is 4.79 Å². The average Bonchev–Trinajstić information content (AvgIpc) is 2.61. The van der Waals surface area contributed by atoms with Crippen LogP contribution in [0.3, 0.4) is 0 Å². The Balaban J connectivity index is 2.17. The Bertz CT molecular complexity index is 419. The largest absolute Gasteiger partial charge is 0.337 e. The van der Waals surface area contributed by atoms with Gasteiger partial charge in [0.25, 0.3) is 0 Å². The number of rotatable bonds is 1. The van der Waals surface area contributed by atoms with Crippen molar-refractivity contribution in [1.82, 2.24) is 4.90 Å². The second-order valence-corrected chi connectivity index (χ2v) is 6.06. The van der Waals surface area contributed by atoms with Crippen LogP contribution >= 0.6 is 11.6 Å². The van der Waals surface area contributed by atoms with Crippen molar-refractivity contribution in [2.75, 3.05) is 6.54 Å². The molecule has 1 saturated heterocycles. The maximum absolute atomic E-state index is 12.0. The number of benzene rings is 1. The first-order valence-electron chi connectivity index (χ1n) is 5.94. The van der Waals surface area contributed by atoms with Crippen molar-refractivity contribution in [2.24, 2.45) is 0 Å². The van der Waals surface area contributed by atoms with E-state index in [1.54, 1.807) is 0 Å². The van der Waals surface area contributed by atoms with Crippen LogP contribution in [0.15, 0.2) is 24.3 Å². The molecule has 1 unspecified atom stereocenters. The highest BCUT2D eigenvalue weighted by Crippen LogP contribution is 2.32. The third-order valence-corrected chi connectivity index (χ3v) is 3.53. The van der Waals surface area contributed by atoms with Crippen LogP contribution in [0.4, 0.5) is 0 Å². The smallest absolute Gasteiger partial charge is 0.223 e. The monoisotopic (exact) mass is 251 g/mol. The summed E-state index contributed by atoms with van der Waals surface area (Å²) >= 11 is 5.87. The van der Waals surface area contributed by atoms with Crippen LogP contribution in [0.2, 0.25) is 5.02 Å². The van der Waals surface area contributed by atoms with E-state index in [-0.39, 0.29) is 11.4 Å². The maximum atomic E-state index is 12.0. The fraction of sp³-hybridized carbons (Fsp3) is 0.500. The molecule has 17 heavy (non-hydrogen) atoms. The standard InChI is InChI=1S/C14H18ClNO/c1-14(2,3)16-9-11(8-13(16)17)10-4-6-12(15)7-5-10/h4-7,11H,8-9H2,1-3H3. The Hall–Kier alpha value is -1.02. The number of carbonyl (C=O) groups is 1. The summed E-state index contributed by atoms with van der Waals surface area (Å²) in [6.07, 6.45) is 0.610.